The lowest BCUT2D eigenvalue weighted by atomic mass is 10.0. The summed E-state index contributed by atoms with van der Waals surface area (Å²) in [4.78, 5) is 0. The third-order valence-corrected chi connectivity index (χ3v) is 9.55. The Balaban J connectivity index is 3.24. The first-order valence-corrected chi connectivity index (χ1v) is 20.3. The van der Waals surface area contributed by atoms with Crippen molar-refractivity contribution in [1.82, 2.24) is 5.32 Å². The predicted molar refractivity (Wildman–Crippen MR) is 193 cm³/mol. The van der Waals surface area contributed by atoms with Crippen LogP contribution >= 0.6 is 0 Å². The van der Waals surface area contributed by atoms with E-state index >= 15 is 0 Å². The Bertz CT molecular complexity index is 485. The van der Waals surface area contributed by atoms with E-state index in [4.69, 9.17) is 0 Å². The van der Waals surface area contributed by atoms with Crippen molar-refractivity contribution in [2.75, 3.05) is 0 Å². The van der Waals surface area contributed by atoms with Gasteiger partial charge in [-0.15, -0.1) is 0 Å². The first-order chi connectivity index (χ1) is 21.2. The molecule has 0 aromatic carbocycles. The van der Waals surface area contributed by atoms with Gasteiger partial charge in [-0.25, -0.2) is 0 Å². The maximum atomic E-state index is 10.2. The summed E-state index contributed by atoms with van der Waals surface area (Å²) in [5, 5.41) is 23.4. The van der Waals surface area contributed by atoms with Crippen molar-refractivity contribution in [2.24, 2.45) is 0 Å². The van der Waals surface area contributed by atoms with Crippen molar-refractivity contribution in [3.8, 4) is 0 Å². The van der Waals surface area contributed by atoms with Crippen LogP contribution in [-0.2, 0) is 0 Å². The van der Waals surface area contributed by atoms with Crippen molar-refractivity contribution >= 4 is 0 Å². The molecule has 0 aliphatic carbocycles. The van der Waals surface area contributed by atoms with E-state index in [2.05, 4.69) is 19.2 Å². The van der Waals surface area contributed by atoms with E-state index < -0.39 is 12.5 Å². The van der Waals surface area contributed by atoms with Crippen LogP contribution in [0.15, 0.2) is 0 Å². The van der Waals surface area contributed by atoms with Gasteiger partial charge in [0.25, 0.3) is 0 Å². The highest BCUT2D eigenvalue weighted by Crippen LogP contribution is 2.16. The molecule has 3 nitrogen and oxygen atoms in total. The number of rotatable bonds is 38. The maximum Gasteiger partial charge on any atom is 0.106 e. The topological polar surface area (TPSA) is 52.5 Å². The Labute approximate surface area is 272 Å². The average Bonchev–Trinajstić information content (AvgIpc) is 3.00. The summed E-state index contributed by atoms with van der Waals surface area (Å²) in [6.07, 6.45) is 47.2. The Morgan fingerprint density at radius 2 is 0.442 bits per heavy atom. The van der Waals surface area contributed by atoms with E-state index in [1.165, 1.54) is 205 Å². The average molecular weight is 610 g/mol. The van der Waals surface area contributed by atoms with Crippen LogP contribution in [-0.4, -0.2) is 22.7 Å². The van der Waals surface area contributed by atoms with E-state index in [1.807, 2.05) is 0 Å². The van der Waals surface area contributed by atoms with Gasteiger partial charge < -0.3 is 10.2 Å². The zero-order chi connectivity index (χ0) is 31.3. The number of hydrogen-bond acceptors (Lipinski definition) is 3. The van der Waals surface area contributed by atoms with Gasteiger partial charge >= 0.3 is 0 Å². The molecule has 0 saturated carbocycles. The molecule has 2 unspecified atom stereocenters. The zero-order valence-electron chi connectivity index (χ0n) is 30.0. The van der Waals surface area contributed by atoms with Gasteiger partial charge in [0, 0.05) is 0 Å². The molecule has 43 heavy (non-hydrogen) atoms. The highest BCUT2D eigenvalue weighted by atomic mass is 16.3. The molecule has 0 spiro atoms. The van der Waals surface area contributed by atoms with Crippen LogP contribution in [0.2, 0.25) is 0 Å². The van der Waals surface area contributed by atoms with E-state index in [0.29, 0.717) is 0 Å². The number of unbranched alkanes of at least 4 members (excludes halogenated alkanes) is 32. The second-order valence-corrected chi connectivity index (χ2v) is 14.1. The molecule has 0 amide bonds. The van der Waals surface area contributed by atoms with Gasteiger partial charge in [0.2, 0.25) is 0 Å². The van der Waals surface area contributed by atoms with Crippen molar-refractivity contribution < 1.29 is 10.2 Å². The molecule has 0 aliphatic heterocycles. The molecule has 3 N–H and O–H groups in total. The third kappa shape index (κ3) is 38.0. The lowest BCUT2D eigenvalue weighted by Crippen LogP contribution is -2.38. The number of aliphatic hydroxyl groups excluding tert-OH is 2. The van der Waals surface area contributed by atoms with Gasteiger partial charge in [-0.2, -0.15) is 0 Å². The number of aliphatic hydroxyl groups is 2. The lowest BCUT2D eigenvalue weighted by Gasteiger charge is -2.18. The summed E-state index contributed by atoms with van der Waals surface area (Å²) in [5.41, 5.74) is 0. The van der Waals surface area contributed by atoms with Crippen LogP contribution in [0.25, 0.3) is 0 Å². The summed E-state index contributed by atoms with van der Waals surface area (Å²) < 4.78 is 0. The Hall–Kier alpha value is -0.120. The maximum absolute atomic E-state index is 10.2. The number of hydrogen-bond donors (Lipinski definition) is 3. The van der Waals surface area contributed by atoms with Crippen LogP contribution in [0.5, 0.6) is 0 Å². The van der Waals surface area contributed by atoms with Crippen molar-refractivity contribution in [1.29, 1.82) is 0 Å². The van der Waals surface area contributed by atoms with Crippen LogP contribution in [0.1, 0.15) is 245 Å². The van der Waals surface area contributed by atoms with Crippen LogP contribution in [0, 0.1) is 0 Å². The van der Waals surface area contributed by atoms with E-state index in [1.54, 1.807) is 0 Å². The van der Waals surface area contributed by atoms with Crippen molar-refractivity contribution in [3.63, 3.8) is 0 Å². The summed E-state index contributed by atoms with van der Waals surface area (Å²) in [7, 11) is 0. The summed E-state index contributed by atoms with van der Waals surface area (Å²) >= 11 is 0. The zero-order valence-corrected chi connectivity index (χ0v) is 30.0. The fraction of sp³-hybridized carbons (Fsp3) is 1.00. The van der Waals surface area contributed by atoms with E-state index in [9.17, 15) is 10.2 Å². The second kappa shape index (κ2) is 38.1. The molecule has 0 fully saturated rings. The fourth-order valence-corrected chi connectivity index (χ4v) is 6.51. The van der Waals surface area contributed by atoms with Crippen LogP contribution in [0.4, 0.5) is 0 Å². The minimum Gasteiger partial charge on any atom is -0.379 e. The quantitative estimate of drug-likeness (QED) is 0.0482. The largest absolute Gasteiger partial charge is 0.379 e. The molecule has 260 valence electrons. The SMILES string of the molecule is CCCCCCCCCCCCCCCCCCCCCCCC(O)NC(O)CCCCCCCCCCCCCCC. The molecule has 0 saturated heterocycles. The van der Waals surface area contributed by atoms with E-state index in [-0.39, 0.29) is 0 Å². The summed E-state index contributed by atoms with van der Waals surface area (Å²) in [6, 6.07) is 0. The Morgan fingerprint density at radius 3 is 0.628 bits per heavy atom. The molecular formula is C40H83NO2. The second-order valence-electron chi connectivity index (χ2n) is 14.1. The first-order valence-electron chi connectivity index (χ1n) is 20.3. The Kier molecular flexibility index (Phi) is 38.0. The minimum absolute atomic E-state index is 0.558. The molecular weight excluding hydrogens is 526 g/mol. The molecule has 0 aromatic heterocycles. The van der Waals surface area contributed by atoms with Crippen molar-refractivity contribution in [3.05, 3.63) is 0 Å². The minimum atomic E-state index is -0.558. The standard InChI is InChI=1S/C40H83NO2/c1-3-5-7-9-11-13-15-17-18-19-20-21-22-23-24-26-28-30-32-34-36-38-40(43)41-39(42)37-35-33-31-29-27-25-16-14-12-10-8-6-4-2/h39-43H,3-38H2,1-2H3. The normalized spacial score (nSPS) is 13.1. The van der Waals surface area contributed by atoms with Crippen molar-refractivity contribution in [2.45, 2.75) is 257 Å². The molecule has 0 aliphatic rings. The van der Waals surface area contributed by atoms with Gasteiger partial charge in [-0.1, -0.05) is 219 Å². The first kappa shape index (κ1) is 42.9. The highest BCUT2D eigenvalue weighted by molar-refractivity contribution is 4.60. The van der Waals surface area contributed by atoms with Gasteiger partial charge in [0.05, 0.1) is 0 Å². The molecule has 0 radical (unpaired) electrons. The third-order valence-electron chi connectivity index (χ3n) is 9.55. The predicted octanol–water partition coefficient (Wildman–Crippen LogP) is 13.3. The fourth-order valence-electron chi connectivity index (χ4n) is 6.51. The molecule has 0 rings (SSSR count). The monoisotopic (exact) mass is 610 g/mol. The summed E-state index contributed by atoms with van der Waals surface area (Å²) in [6.45, 7) is 4.58. The molecule has 0 aromatic rings. The smallest absolute Gasteiger partial charge is 0.106 e. The Morgan fingerprint density at radius 1 is 0.279 bits per heavy atom. The van der Waals surface area contributed by atoms with Gasteiger partial charge in [-0.05, 0) is 25.7 Å². The highest BCUT2D eigenvalue weighted by Gasteiger charge is 2.09. The van der Waals surface area contributed by atoms with Gasteiger partial charge in [-0.3, -0.25) is 5.32 Å². The van der Waals surface area contributed by atoms with Gasteiger partial charge in [0.15, 0.2) is 0 Å². The van der Waals surface area contributed by atoms with Gasteiger partial charge in [0.1, 0.15) is 12.5 Å². The molecule has 2 atom stereocenters. The van der Waals surface area contributed by atoms with E-state index in [0.717, 1.165) is 25.7 Å². The lowest BCUT2D eigenvalue weighted by molar-refractivity contribution is 0.0310. The molecule has 0 heterocycles. The van der Waals surface area contributed by atoms with Crippen LogP contribution < -0.4 is 5.32 Å². The van der Waals surface area contributed by atoms with Crippen LogP contribution in [0.3, 0.4) is 0 Å². The molecule has 3 heteroatoms. The summed E-state index contributed by atoms with van der Waals surface area (Å²) in [5.74, 6) is 0. The molecule has 0 bridgehead atoms. The number of nitrogens with one attached hydrogen (secondary N) is 1.